The highest BCUT2D eigenvalue weighted by molar-refractivity contribution is 6.33. The van der Waals surface area contributed by atoms with Crippen LogP contribution in [-0.2, 0) is 4.79 Å². The van der Waals surface area contributed by atoms with Gasteiger partial charge in [-0.3, -0.25) is 4.79 Å². The standard InChI is InChI=1S/C12H13ClN2O2/c1-4-12(2,17)11(16)15-8-5-6-10(14-3)9(13)7-8/h5-7,17H,4H2,1-2H3,(H,15,16)/t12-/m0/s1. The third-order valence-electron chi connectivity index (χ3n) is 2.50. The van der Waals surface area contributed by atoms with Gasteiger partial charge >= 0.3 is 0 Å². The number of amides is 1. The molecule has 0 radical (unpaired) electrons. The smallest absolute Gasteiger partial charge is 0.256 e. The van der Waals surface area contributed by atoms with Crippen LogP contribution < -0.4 is 5.32 Å². The maximum Gasteiger partial charge on any atom is 0.256 e. The molecule has 0 unspecified atom stereocenters. The number of hydrogen-bond acceptors (Lipinski definition) is 2. The van der Waals surface area contributed by atoms with Crippen molar-refractivity contribution in [2.75, 3.05) is 5.32 Å². The van der Waals surface area contributed by atoms with Crippen molar-refractivity contribution in [3.63, 3.8) is 0 Å². The number of hydrogen-bond donors (Lipinski definition) is 2. The maximum atomic E-state index is 11.7. The summed E-state index contributed by atoms with van der Waals surface area (Å²) in [6.45, 7) is 10.00. The summed E-state index contributed by atoms with van der Waals surface area (Å²) in [5.41, 5.74) is -0.627. The Morgan fingerprint density at radius 3 is 2.76 bits per heavy atom. The van der Waals surface area contributed by atoms with E-state index in [1.54, 1.807) is 13.0 Å². The average Bonchev–Trinajstić information content (AvgIpc) is 2.29. The summed E-state index contributed by atoms with van der Waals surface area (Å²) in [6, 6.07) is 4.58. The number of halogens is 1. The molecule has 90 valence electrons. The first-order valence-corrected chi connectivity index (χ1v) is 5.49. The van der Waals surface area contributed by atoms with Crippen LogP contribution in [0.25, 0.3) is 4.85 Å². The van der Waals surface area contributed by atoms with Crippen molar-refractivity contribution in [1.29, 1.82) is 0 Å². The van der Waals surface area contributed by atoms with Gasteiger partial charge in [-0.2, -0.15) is 0 Å². The molecular weight excluding hydrogens is 240 g/mol. The van der Waals surface area contributed by atoms with Crippen molar-refractivity contribution in [2.45, 2.75) is 25.9 Å². The van der Waals surface area contributed by atoms with E-state index in [4.69, 9.17) is 18.2 Å². The van der Waals surface area contributed by atoms with Gasteiger partial charge in [0.2, 0.25) is 5.69 Å². The Kier molecular flexibility index (Phi) is 4.11. The zero-order valence-corrected chi connectivity index (χ0v) is 10.4. The summed E-state index contributed by atoms with van der Waals surface area (Å²) in [7, 11) is 0. The van der Waals surface area contributed by atoms with Crippen LogP contribution >= 0.6 is 11.6 Å². The van der Waals surface area contributed by atoms with Gasteiger partial charge in [-0.25, -0.2) is 4.85 Å². The van der Waals surface area contributed by atoms with Gasteiger partial charge in [0.25, 0.3) is 5.91 Å². The SMILES string of the molecule is [C-]#[N+]c1ccc(NC(=O)[C@@](C)(O)CC)cc1Cl. The Labute approximate surface area is 105 Å². The third kappa shape index (κ3) is 3.19. The lowest BCUT2D eigenvalue weighted by atomic mass is 10.0. The van der Waals surface area contributed by atoms with Crippen LogP contribution in [-0.4, -0.2) is 16.6 Å². The molecule has 0 aromatic heterocycles. The maximum absolute atomic E-state index is 11.7. The predicted molar refractivity (Wildman–Crippen MR) is 67.3 cm³/mol. The van der Waals surface area contributed by atoms with Crippen molar-refractivity contribution in [3.05, 3.63) is 34.6 Å². The molecule has 5 heteroatoms. The number of carbonyl (C=O) groups is 1. The van der Waals surface area contributed by atoms with E-state index in [2.05, 4.69) is 10.2 Å². The van der Waals surface area contributed by atoms with E-state index in [-0.39, 0.29) is 5.02 Å². The van der Waals surface area contributed by atoms with Crippen LogP contribution in [0.5, 0.6) is 0 Å². The number of rotatable bonds is 3. The molecular formula is C12H13ClN2O2. The quantitative estimate of drug-likeness (QED) is 0.813. The molecule has 1 aromatic carbocycles. The number of nitrogens with one attached hydrogen (secondary N) is 1. The molecule has 0 spiro atoms. The van der Waals surface area contributed by atoms with Gasteiger partial charge in [-0.1, -0.05) is 24.6 Å². The summed E-state index contributed by atoms with van der Waals surface area (Å²) in [5.74, 6) is -0.494. The lowest BCUT2D eigenvalue weighted by molar-refractivity contribution is -0.132. The number of nitrogens with zero attached hydrogens (tertiary/aromatic N) is 1. The molecule has 1 amide bonds. The second-order valence-corrected chi connectivity index (χ2v) is 4.27. The van der Waals surface area contributed by atoms with Crippen molar-refractivity contribution in [2.24, 2.45) is 0 Å². The lowest BCUT2D eigenvalue weighted by Crippen LogP contribution is -2.39. The van der Waals surface area contributed by atoms with Crippen LogP contribution in [0.2, 0.25) is 5.02 Å². The van der Waals surface area contributed by atoms with Crippen molar-refractivity contribution < 1.29 is 9.90 Å². The summed E-state index contributed by atoms with van der Waals surface area (Å²) >= 11 is 5.83. The van der Waals surface area contributed by atoms with E-state index in [9.17, 15) is 9.90 Å². The average molecular weight is 253 g/mol. The first-order chi connectivity index (χ1) is 7.90. The molecule has 0 aliphatic rings. The Morgan fingerprint density at radius 1 is 1.65 bits per heavy atom. The molecule has 0 saturated carbocycles. The minimum absolute atomic E-state index is 0.272. The van der Waals surface area contributed by atoms with Crippen molar-refractivity contribution >= 4 is 28.9 Å². The van der Waals surface area contributed by atoms with Gasteiger partial charge in [-0.05, 0) is 25.5 Å². The number of aliphatic hydroxyl groups is 1. The monoisotopic (exact) mass is 252 g/mol. The highest BCUT2D eigenvalue weighted by Crippen LogP contribution is 2.28. The molecule has 0 aliphatic carbocycles. The molecule has 0 bridgehead atoms. The van der Waals surface area contributed by atoms with E-state index in [0.717, 1.165) is 0 Å². The number of benzene rings is 1. The van der Waals surface area contributed by atoms with Gasteiger partial charge < -0.3 is 10.4 Å². The van der Waals surface area contributed by atoms with E-state index in [0.29, 0.717) is 17.8 Å². The van der Waals surface area contributed by atoms with E-state index >= 15 is 0 Å². The van der Waals surface area contributed by atoms with Crippen LogP contribution in [0.4, 0.5) is 11.4 Å². The van der Waals surface area contributed by atoms with E-state index < -0.39 is 11.5 Å². The summed E-state index contributed by atoms with van der Waals surface area (Å²) in [4.78, 5) is 14.9. The van der Waals surface area contributed by atoms with Gasteiger partial charge in [-0.15, -0.1) is 0 Å². The fourth-order valence-corrected chi connectivity index (χ4v) is 1.32. The molecule has 2 N–H and O–H groups in total. The summed E-state index contributed by atoms with van der Waals surface area (Å²) in [5, 5.41) is 12.6. The molecule has 1 atom stereocenters. The Balaban J connectivity index is 2.88. The minimum atomic E-state index is -1.41. The van der Waals surface area contributed by atoms with Crippen LogP contribution in [0.3, 0.4) is 0 Å². The predicted octanol–water partition coefficient (Wildman–Crippen LogP) is 2.99. The van der Waals surface area contributed by atoms with Crippen LogP contribution in [0.15, 0.2) is 18.2 Å². The fourth-order valence-electron chi connectivity index (χ4n) is 1.10. The Morgan fingerprint density at radius 2 is 2.29 bits per heavy atom. The van der Waals surface area contributed by atoms with Gasteiger partial charge in [0.15, 0.2) is 0 Å². The van der Waals surface area contributed by atoms with Crippen LogP contribution in [0, 0.1) is 6.57 Å². The highest BCUT2D eigenvalue weighted by Gasteiger charge is 2.27. The zero-order valence-electron chi connectivity index (χ0n) is 9.62. The summed E-state index contributed by atoms with van der Waals surface area (Å²) < 4.78 is 0. The normalized spacial score (nSPS) is 13.6. The van der Waals surface area contributed by atoms with E-state index in [1.807, 2.05) is 0 Å². The molecule has 1 aromatic rings. The molecule has 17 heavy (non-hydrogen) atoms. The number of anilines is 1. The largest absolute Gasteiger partial charge is 0.380 e. The minimum Gasteiger partial charge on any atom is -0.380 e. The van der Waals surface area contributed by atoms with Crippen molar-refractivity contribution in [3.8, 4) is 0 Å². The van der Waals surface area contributed by atoms with Gasteiger partial charge in [0.05, 0.1) is 6.57 Å². The second-order valence-electron chi connectivity index (χ2n) is 3.86. The summed E-state index contributed by atoms with van der Waals surface area (Å²) in [6.07, 6.45) is 0.312. The van der Waals surface area contributed by atoms with Gasteiger partial charge in [0.1, 0.15) is 5.60 Å². The highest BCUT2D eigenvalue weighted by atomic mass is 35.5. The second kappa shape index (κ2) is 5.17. The third-order valence-corrected chi connectivity index (χ3v) is 2.81. The Hall–Kier alpha value is -1.57. The van der Waals surface area contributed by atoms with Gasteiger partial charge in [0, 0.05) is 10.7 Å². The molecule has 4 nitrogen and oxygen atoms in total. The molecule has 0 fully saturated rings. The zero-order chi connectivity index (χ0) is 13.1. The van der Waals surface area contributed by atoms with Crippen molar-refractivity contribution in [1.82, 2.24) is 0 Å². The topological polar surface area (TPSA) is 53.7 Å². The first-order valence-electron chi connectivity index (χ1n) is 5.11. The van der Waals surface area contributed by atoms with Crippen LogP contribution in [0.1, 0.15) is 20.3 Å². The molecule has 0 saturated heterocycles. The molecule has 0 aliphatic heterocycles. The molecule has 1 rings (SSSR count). The fraction of sp³-hybridized carbons (Fsp3) is 0.333. The van der Waals surface area contributed by atoms with E-state index in [1.165, 1.54) is 19.1 Å². The number of carbonyl (C=O) groups excluding carboxylic acids is 1. The first kappa shape index (κ1) is 13.5. The molecule has 0 heterocycles. The Bertz CT molecular complexity index is 478. The lowest BCUT2D eigenvalue weighted by Gasteiger charge is -2.20.